The number of benzene rings is 1. The van der Waals surface area contributed by atoms with E-state index >= 15 is 0 Å². The zero-order valence-corrected chi connectivity index (χ0v) is 10.0. The Balaban J connectivity index is 1.83. The van der Waals surface area contributed by atoms with E-state index in [4.69, 9.17) is 0 Å². The first-order valence-corrected chi connectivity index (χ1v) is 6.28. The molecule has 0 amide bonds. The van der Waals surface area contributed by atoms with Crippen LogP contribution in [-0.2, 0) is 0 Å². The fraction of sp³-hybridized carbons (Fsp3) is 0.538. The molecule has 2 saturated heterocycles. The zero-order valence-electron chi connectivity index (χ0n) is 10.0. The van der Waals surface area contributed by atoms with E-state index in [-0.39, 0.29) is 0 Å². The van der Waals surface area contributed by atoms with Gasteiger partial charge in [0, 0.05) is 43.5 Å². The van der Waals surface area contributed by atoms with Crippen LogP contribution < -0.4 is 4.90 Å². The van der Waals surface area contributed by atoms with Crippen LogP contribution >= 0.6 is 0 Å². The highest BCUT2D eigenvalue weighted by atomic mass is 19.2. The van der Waals surface area contributed by atoms with Crippen LogP contribution in [0.4, 0.5) is 18.9 Å². The number of rotatable bonds is 1. The van der Waals surface area contributed by atoms with E-state index < -0.39 is 17.5 Å². The highest BCUT2D eigenvalue weighted by Crippen LogP contribution is 2.27. The van der Waals surface area contributed by atoms with Crippen LogP contribution in [0, 0.1) is 17.5 Å². The summed E-state index contributed by atoms with van der Waals surface area (Å²) in [6.45, 7) is 3.53. The summed E-state index contributed by atoms with van der Waals surface area (Å²) in [5, 5.41) is 0. The molecule has 1 unspecified atom stereocenters. The molecule has 1 atom stereocenters. The second-order valence-corrected chi connectivity index (χ2v) is 5.00. The molecule has 5 heteroatoms. The summed E-state index contributed by atoms with van der Waals surface area (Å²) < 4.78 is 39.3. The molecule has 0 saturated carbocycles. The van der Waals surface area contributed by atoms with Gasteiger partial charge in [-0.1, -0.05) is 0 Å². The number of hydrogen-bond donors (Lipinski definition) is 0. The Morgan fingerprint density at radius 3 is 2.44 bits per heavy atom. The van der Waals surface area contributed by atoms with Gasteiger partial charge in [-0.25, -0.2) is 13.2 Å². The van der Waals surface area contributed by atoms with Crippen LogP contribution in [0.3, 0.4) is 0 Å². The molecule has 2 aliphatic rings. The monoisotopic (exact) mass is 256 g/mol. The second-order valence-electron chi connectivity index (χ2n) is 5.00. The summed E-state index contributed by atoms with van der Waals surface area (Å²) in [4.78, 5) is 4.35. The van der Waals surface area contributed by atoms with Crippen molar-refractivity contribution in [3.63, 3.8) is 0 Å². The smallest absolute Gasteiger partial charge is 0.194 e. The van der Waals surface area contributed by atoms with Crippen molar-refractivity contribution >= 4 is 5.69 Å². The van der Waals surface area contributed by atoms with Crippen LogP contribution in [0.5, 0.6) is 0 Å². The van der Waals surface area contributed by atoms with Crippen molar-refractivity contribution in [3.05, 3.63) is 29.6 Å². The lowest BCUT2D eigenvalue weighted by Gasteiger charge is -2.38. The van der Waals surface area contributed by atoms with Gasteiger partial charge in [-0.2, -0.15) is 0 Å². The summed E-state index contributed by atoms with van der Waals surface area (Å²) >= 11 is 0. The van der Waals surface area contributed by atoms with E-state index in [2.05, 4.69) is 4.90 Å². The summed E-state index contributed by atoms with van der Waals surface area (Å²) in [6.07, 6.45) is 2.31. The molecule has 1 aromatic carbocycles. The molecule has 3 rings (SSSR count). The van der Waals surface area contributed by atoms with Crippen LogP contribution in [-0.4, -0.2) is 37.1 Å². The number of halogens is 3. The average molecular weight is 256 g/mol. The molecule has 2 aliphatic heterocycles. The summed E-state index contributed by atoms with van der Waals surface area (Å²) in [7, 11) is 0. The molecule has 2 fully saturated rings. The van der Waals surface area contributed by atoms with Gasteiger partial charge >= 0.3 is 0 Å². The Morgan fingerprint density at radius 1 is 1.00 bits per heavy atom. The van der Waals surface area contributed by atoms with E-state index in [1.54, 1.807) is 0 Å². The first-order chi connectivity index (χ1) is 8.65. The van der Waals surface area contributed by atoms with Gasteiger partial charge in [-0.05, 0) is 19.4 Å². The van der Waals surface area contributed by atoms with Crippen LogP contribution in [0.25, 0.3) is 0 Å². The van der Waals surface area contributed by atoms with Crippen molar-refractivity contribution in [2.24, 2.45) is 0 Å². The Kier molecular flexibility index (Phi) is 2.93. The highest BCUT2D eigenvalue weighted by Gasteiger charge is 2.31. The SMILES string of the molecule is Fc1cc(N2CCN3CCCC3C2)cc(F)c1F. The van der Waals surface area contributed by atoms with Gasteiger partial charge in [0.15, 0.2) is 17.5 Å². The molecule has 18 heavy (non-hydrogen) atoms. The number of hydrogen-bond acceptors (Lipinski definition) is 2. The minimum atomic E-state index is -1.39. The van der Waals surface area contributed by atoms with Gasteiger partial charge < -0.3 is 4.90 Å². The van der Waals surface area contributed by atoms with E-state index in [0.29, 0.717) is 11.7 Å². The van der Waals surface area contributed by atoms with E-state index in [1.165, 1.54) is 6.42 Å². The molecule has 0 radical (unpaired) electrons. The molecule has 2 heterocycles. The number of piperazine rings is 1. The first-order valence-electron chi connectivity index (χ1n) is 6.28. The van der Waals surface area contributed by atoms with Crippen molar-refractivity contribution in [2.45, 2.75) is 18.9 Å². The minimum Gasteiger partial charge on any atom is -0.369 e. The van der Waals surface area contributed by atoms with E-state index in [9.17, 15) is 13.2 Å². The lowest BCUT2D eigenvalue weighted by atomic mass is 10.1. The maximum Gasteiger partial charge on any atom is 0.194 e. The summed E-state index contributed by atoms with van der Waals surface area (Å²) in [5.74, 6) is -3.61. The zero-order chi connectivity index (χ0) is 12.7. The van der Waals surface area contributed by atoms with Gasteiger partial charge in [0.25, 0.3) is 0 Å². The summed E-state index contributed by atoms with van der Waals surface area (Å²) in [5.41, 5.74) is 0.443. The number of nitrogens with zero attached hydrogens (tertiary/aromatic N) is 2. The van der Waals surface area contributed by atoms with E-state index in [1.807, 2.05) is 4.90 Å². The quantitative estimate of drug-likeness (QED) is 0.712. The summed E-state index contributed by atoms with van der Waals surface area (Å²) in [6, 6.07) is 2.64. The Morgan fingerprint density at radius 2 is 1.72 bits per heavy atom. The maximum absolute atomic E-state index is 13.2. The molecule has 0 aromatic heterocycles. The maximum atomic E-state index is 13.2. The molecule has 0 bridgehead atoms. The fourth-order valence-electron chi connectivity index (χ4n) is 2.95. The molecule has 0 aliphatic carbocycles. The third-order valence-electron chi connectivity index (χ3n) is 3.92. The molecule has 0 spiro atoms. The van der Waals surface area contributed by atoms with Crippen LogP contribution in [0.1, 0.15) is 12.8 Å². The molecule has 0 N–H and O–H groups in total. The second kappa shape index (κ2) is 4.46. The van der Waals surface area contributed by atoms with Crippen LogP contribution in [0.15, 0.2) is 12.1 Å². The average Bonchev–Trinajstić information content (AvgIpc) is 2.82. The predicted octanol–water partition coefficient (Wildman–Crippen LogP) is 2.39. The van der Waals surface area contributed by atoms with Crippen molar-refractivity contribution in [2.75, 3.05) is 31.1 Å². The Labute approximate surface area is 104 Å². The van der Waals surface area contributed by atoms with Crippen molar-refractivity contribution < 1.29 is 13.2 Å². The minimum absolute atomic E-state index is 0.443. The number of anilines is 1. The topological polar surface area (TPSA) is 6.48 Å². The highest BCUT2D eigenvalue weighted by molar-refractivity contribution is 5.48. The molecule has 1 aromatic rings. The van der Waals surface area contributed by atoms with E-state index in [0.717, 1.165) is 44.7 Å². The van der Waals surface area contributed by atoms with Gasteiger partial charge in [0.1, 0.15) is 0 Å². The van der Waals surface area contributed by atoms with Gasteiger partial charge in [-0.3, -0.25) is 4.90 Å². The van der Waals surface area contributed by atoms with Crippen LogP contribution in [0.2, 0.25) is 0 Å². The predicted molar refractivity (Wildman–Crippen MR) is 63.1 cm³/mol. The normalized spacial score (nSPS) is 24.4. The molecule has 98 valence electrons. The molecular weight excluding hydrogens is 241 g/mol. The lowest BCUT2D eigenvalue weighted by molar-refractivity contribution is 0.230. The third kappa shape index (κ3) is 1.96. The van der Waals surface area contributed by atoms with Gasteiger partial charge in [-0.15, -0.1) is 0 Å². The largest absolute Gasteiger partial charge is 0.369 e. The van der Waals surface area contributed by atoms with Gasteiger partial charge in [0.2, 0.25) is 0 Å². The fourth-order valence-corrected chi connectivity index (χ4v) is 2.95. The van der Waals surface area contributed by atoms with Crippen molar-refractivity contribution in [1.82, 2.24) is 4.90 Å². The molecule has 2 nitrogen and oxygen atoms in total. The standard InChI is InChI=1S/C13H15F3N2/c14-11-6-10(7-12(15)13(11)16)18-5-4-17-3-1-2-9(17)8-18/h6-7,9H,1-5,8H2. The third-order valence-corrected chi connectivity index (χ3v) is 3.92. The first kappa shape index (κ1) is 11.8. The number of fused-ring (bicyclic) bond motifs is 1. The van der Waals surface area contributed by atoms with Gasteiger partial charge in [0.05, 0.1) is 0 Å². The Hall–Kier alpha value is -1.23. The molecular formula is C13H15F3N2. The Bertz CT molecular complexity index is 441. The lowest BCUT2D eigenvalue weighted by Crippen LogP contribution is -2.50. The van der Waals surface area contributed by atoms with Crippen molar-refractivity contribution in [3.8, 4) is 0 Å². The van der Waals surface area contributed by atoms with Crippen molar-refractivity contribution in [1.29, 1.82) is 0 Å².